The molecule has 0 bridgehead atoms. The van der Waals surface area contributed by atoms with Crippen molar-refractivity contribution in [2.75, 3.05) is 13.2 Å². The van der Waals surface area contributed by atoms with Crippen LogP contribution in [0.1, 0.15) is 40.6 Å². The largest absolute Gasteiger partial charge is 0.373 e. The Morgan fingerprint density at radius 1 is 1.09 bits per heavy atom. The van der Waals surface area contributed by atoms with E-state index in [4.69, 9.17) is 9.26 Å². The van der Waals surface area contributed by atoms with E-state index in [9.17, 15) is 4.79 Å². The second-order valence-electron chi connectivity index (χ2n) is 8.18. The number of hydrogen-bond acceptors (Lipinski definition) is 5. The lowest BCUT2D eigenvalue weighted by atomic mass is 9.89. The second-order valence-corrected chi connectivity index (χ2v) is 8.18. The van der Waals surface area contributed by atoms with Crippen LogP contribution in [0.2, 0.25) is 0 Å². The normalized spacial score (nSPS) is 18.5. The van der Waals surface area contributed by atoms with Crippen LogP contribution in [0.4, 0.5) is 0 Å². The average Bonchev–Trinajstić information content (AvgIpc) is 3.24. The Hall–Kier alpha value is -3.51. The van der Waals surface area contributed by atoms with Crippen molar-refractivity contribution in [2.24, 2.45) is 5.92 Å². The molecular formula is C26H25N3O3. The van der Waals surface area contributed by atoms with Crippen LogP contribution in [0.15, 0.2) is 71.3 Å². The Morgan fingerprint density at radius 2 is 1.84 bits per heavy atom. The van der Waals surface area contributed by atoms with Gasteiger partial charge in [-0.15, -0.1) is 0 Å². The maximum atomic E-state index is 13.3. The Morgan fingerprint density at radius 3 is 2.62 bits per heavy atom. The van der Waals surface area contributed by atoms with E-state index in [2.05, 4.69) is 27.6 Å². The highest BCUT2D eigenvalue weighted by molar-refractivity contribution is 6.07. The maximum absolute atomic E-state index is 13.3. The number of nitrogens with one attached hydrogen (secondary N) is 1. The molecule has 1 fully saturated rings. The minimum atomic E-state index is -0.154. The van der Waals surface area contributed by atoms with Gasteiger partial charge in [-0.05, 0) is 31.4 Å². The summed E-state index contributed by atoms with van der Waals surface area (Å²) in [7, 11) is 0. The third kappa shape index (κ3) is 4.01. The number of rotatable bonds is 5. The fourth-order valence-corrected chi connectivity index (χ4v) is 4.41. The number of amides is 1. The predicted molar refractivity (Wildman–Crippen MR) is 122 cm³/mol. The summed E-state index contributed by atoms with van der Waals surface area (Å²) in [6, 6.07) is 21.8. The highest BCUT2D eigenvalue weighted by atomic mass is 16.5. The quantitative estimate of drug-likeness (QED) is 0.480. The van der Waals surface area contributed by atoms with Crippen LogP contribution in [0, 0.1) is 12.8 Å². The molecule has 32 heavy (non-hydrogen) atoms. The lowest BCUT2D eigenvalue weighted by molar-refractivity contribution is -0.0272. The molecule has 6 heteroatoms. The highest BCUT2D eigenvalue weighted by Gasteiger charge is 2.28. The molecular weight excluding hydrogens is 402 g/mol. The number of ether oxygens (including phenoxy) is 1. The van der Waals surface area contributed by atoms with Crippen LogP contribution in [0.25, 0.3) is 22.4 Å². The van der Waals surface area contributed by atoms with Crippen LogP contribution in [0.5, 0.6) is 0 Å². The molecule has 1 amide bonds. The smallest absolute Gasteiger partial charge is 0.259 e. The van der Waals surface area contributed by atoms with Crippen molar-refractivity contribution >= 4 is 17.0 Å². The van der Waals surface area contributed by atoms with Crippen molar-refractivity contribution < 1.29 is 14.1 Å². The minimum Gasteiger partial charge on any atom is -0.373 e. The maximum Gasteiger partial charge on any atom is 0.259 e. The monoisotopic (exact) mass is 427 g/mol. The van der Waals surface area contributed by atoms with E-state index >= 15 is 0 Å². The molecule has 0 radical (unpaired) electrons. The summed E-state index contributed by atoms with van der Waals surface area (Å²) >= 11 is 0. The molecule has 1 aliphatic rings. The number of pyridine rings is 1. The molecule has 2 unspecified atom stereocenters. The number of aromatic nitrogens is 2. The Balaban J connectivity index is 1.41. The zero-order chi connectivity index (χ0) is 21.9. The number of fused-ring (bicyclic) bond motifs is 1. The molecule has 2 aromatic carbocycles. The molecule has 1 aliphatic heterocycles. The van der Waals surface area contributed by atoms with Crippen molar-refractivity contribution in [2.45, 2.75) is 25.9 Å². The van der Waals surface area contributed by atoms with E-state index < -0.39 is 0 Å². The Bertz CT molecular complexity index is 1220. The molecule has 0 saturated carbocycles. The third-order valence-electron chi connectivity index (χ3n) is 6.03. The van der Waals surface area contributed by atoms with Gasteiger partial charge in [0.15, 0.2) is 0 Å². The van der Waals surface area contributed by atoms with Crippen LogP contribution < -0.4 is 5.32 Å². The van der Waals surface area contributed by atoms with Crippen molar-refractivity contribution in [3.05, 3.63) is 83.6 Å². The van der Waals surface area contributed by atoms with Gasteiger partial charge in [0, 0.05) is 24.6 Å². The van der Waals surface area contributed by atoms with Gasteiger partial charge in [-0.2, -0.15) is 0 Å². The van der Waals surface area contributed by atoms with Crippen molar-refractivity contribution in [1.82, 2.24) is 15.5 Å². The summed E-state index contributed by atoms with van der Waals surface area (Å²) in [5, 5.41) is 7.83. The number of benzene rings is 2. The molecule has 162 valence electrons. The van der Waals surface area contributed by atoms with E-state index in [1.54, 1.807) is 0 Å². The van der Waals surface area contributed by atoms with Gasteiger partial charge in [0.05, 0.1) is 28.4 Å². The molecule has 1 N–H and O–H groups in total. The van der Waals surface area contributed by atoms with Crippen molar-refractivity contribution in [1.29, 1.82) is 0 Å². The van der Waals surface area contributed by atoms with Crippen molar-refractivity contribution in [3.63, 3.8) is 0 Å². The van der Waals surface area contributed by atoms with Gasteiger partial charge in [-0.1, -0.05) is 65.8 Å². The summed E-state index contributed by atoms with van der Waals surface area (Å²) in [6.07, 6.45) is 1.99. The number of aryl methyl sites for hydroxylation is 1. The molecule has 2 atom stereocenters. The van der Waals surface area contributed by atoms with Gasteiger partial charge in [0.2, 0.25) is 0 Å². The number of nitrogens with zero attached hydrogens (tertiary/aromatic N) is 2. The van der Waals surface area contributed by atoms with Gasteiger partial charge >= 0.3 is 0 Å². The predicted octanol–water partition coefficient (Wildman–Crippen LogP) is 5.10. The van der Waals surface area contributed by atoms with Crippen LogP contribution in [-0.2, 0) is 4.74 Å². The topological polar surface area (TPSA) is 77.2 Å². The molecule has 1 saturated heterocycles. The van der Waals surface area contributed by atoms with Crippen LogP contribution >= 0.6 is 0 Å². The van der Waals surface area contributed by atoms with Gasteiger partial charge < -0.3 is 14.6 Å². The van der Waals surface area contributed by atoms with E-state index in [1.165, 1.54) is 0 Å². The van der Waals surface area contributed by atoms with Gasteiger partial charge in [-0.25, -0.2) is 4.98 Å². The van der Waals surface area contributed by atoms with Crippen LogP contribution in [0.3, 0.4) is 0 Å². The van der Waals surface area contributed by atoms with Gasteiger partial charge in [0.25, 0.3) is 11.6 Å². The fraction of sp³-hybridized carbons (Fsp3) is 0.269. The zero-order valence-corrected chi connectivity index (χ0v) is 18.0. The van der Waals surface area contributed by atoms with Gasteiger partial charge in [-0.3, -0.25) is 4.79 Å². The van der Waals surface area contributed by atoms with E-state index in [-0.39, 0.29) is 17.9 Å². The van der Waals surface area contributed by atoms with E-state index in [1.807, 2.05) is 61.5 Å². The SMILES string of the molecule is Cc1noc2nc(-c3ccccc3)cc(C(=O)NCC3CCCOC3c3ccccc3)c12. The Labute approximate surface area is 186 Å². The standard InChI is InChI=1S/C26H25N3O3/c1-17-23-21(15-22(28-26(23)32-29-17)18-9-4-2-5-10-18)25(30)27-16-20-13-8-14-31-24(20)19-11-6-3-7-12-19/h2-7,9-12,15,20,24H,8,13-14,16H2,1H3,(H,27,30). The first-order valence-corrected chi connectivity index (χ1v) is 11.0. The Kier molecular flexibility index (Phi) is 5.69. The minimum absolute atomic E-state index is 0.0140. The summed E-state index contributed by atoms with van der Waals surface area (Å²) < 4.78 is 11.5. The van der Waals surface area contributed by atoms with Crippen LogP contribution in [-0.4, -0.2) is 29.2 Å². The number of carbonyl (C=O) groups is 1. The molecule has 3 heterocycles. The first kappa shape index (κ1) is 20.4. The summed E-state index contributed by atoms with van der Waals surface area (Å²) in [5.74, 6) is 0.0582. The summed E-state index contributed by atoms with van der Waals surface area (Å²) in [5.41, 5.74) is 4.31. The molecule has 0 aliphatic carbocycles. The second kappa shape index (κ2) is 8.93. The molecule has 0 spiro atoms. The molecule has 4 aromatic rings. The number of hydrogen-bond donors (Lipinski definition) is 1. The summed E-state index contributed by atoms with van der Waals surface area (Å²) in [4.78, 5) is 17.9. The highest BCUT2D eigenvalue weighted by Crippen LogP contribution is 2.33. The lowest BCUT2D eigenvalue weighted by Crippen LogP contribution is -2.35. The zero-order valence-electron chi connectivity index (χ0n) is 18.0. The molecule has 6 nitrogen and oxygen atoms in total. The van der Waals surface area contributed by atoms with E-state index in [0.717, 1.165) is 30.6 Å². The summed E-state index contributed by atoms with van der Waals surface area (Å²) in [6.45, 7) is 3.11. The molecule has 2 aromatic heterocycles. The first-order valence-electron chi connectivity index (χ1n) is 11.0. The van der Waals surface area contributed by atoms with Crippen molar-refractivity contribution in [3.8, 4) is 11.3 Å². The number of carbonyl (C=O) groups excluding carboxylic acids is 1. The molecule has 5 rings (SSSR count). The van der Waals surface area contributed by atoms with Gasteiger partial charge in [0.1, 0.15) is 0 Å². The first-order chi connectivity index (χ1) is 15.7. The van der Waals surface area contributed by atoms with E-state index in [0.29, 0.717) is 34.6 Å². The average molecular weight is 428 g/mol. The third-order valence-corrected chi connectivity index (χ3v) is 6.03. The lowest BCUT2D eigenvalue weighted by Gasteiger charge is -2.32. The fourth-order valence-electron chi connectivity index (χ4n) is 4.41.